The van der Waals surface area contributed by atoms with Crippen molar-refractivity contribution in [2.75, 3.05) is 0 Å². The highest BCUT2D eigenvalue weighted by Gasteiger charge is 2.25. The number of halogens is 1. The number of hydrogen-bond acceptors (Lipinski definition) is 4. The van der Waals surface area contributed by atoms with E-state index >= 15 is 0 Å². The molecule has 1 N–H and O–H groups in total. The number of carbonyl (C=O) groups is 2. The molecule has 6 heteroatoms. The molecular weight excluding hydrogens is 313 g/mol. The lowest BCUT2D eigenvalue weighted by molar-refractivity contribution is -0.155. The molecule has 0 saturated carbocycles. The molecule has 1 atom stereocenters. The van der Waals surface area contributed by atoms with E-state index in [2.05, 4.69) is 5.32 Å². The van der Waals surface area contributed by atoms with E-state index in [0.717, 1.165) is 0 Å². The molecule has 0 aliphatic rings. The maximum Gasteiger partial charge on any atom is 0.408 e. The highest BCUT2D eigenvalue weighted by atomic mass is 19.1. The quantitative estimate of drug-likeness (QED) is 0.838. The Kier molecular flexibility index (Phi) is 6.35. The maximum absolute atomic E-state index is 13.5. The molecule has 0 fully saturated rings. The first kappa shape index (κ1) is 19.9. The first-order valence-corrected chi connectivity index (χ1v) is 7.82. The predicted molar refractivity (Wildman–Crippen MR) is 89.0 cm³/mol. The van der Waals surface area contributed by atoms with Crippen LogP contribution in [0.25, 0.3) is 0 Å². The number of amides is 1. The zero-order valence-electron chi connectivity index (χ0n) is 15.1. The smallest absolute Gasteiger partial charge is 0.408 e. The molecule has 0 aliphatic carbocycles. The van der Waals surface area contributed by atoms with Gasteiger partial charge in [-0.15, -0.1) is 0 Å². The predicted octanol–water partition coefficient (Wildman–Crippen LogP) is 4.12. The van der Waals surface area contributed by atoms with Crippen molar-refractivity contribution in [3.05, 3.63) is 35.6 Å². The molecule has 24 heavy (non-hydrogen) atoms. The maximum atomic E-state index is 13.5. The number of esters is 1. The van der Waals surface area contributed by atoms with Crippen molar-refractivity contribution in [2.24, 2.45) is 0 Å². The Labute approximate surface area is 142 Å². The number of rotatable bonds is 4. The average molecular weight is 339 g/mol. The first-order chi connectivity index (χ1) is 10.9. The fraction of sp³-hybridized carbons (Fsp3) is 0.556. The lowest BCUT2D eigenvalue weighted by Crippen LogP contribution is -2.36. The van der Waals surface area contributed by atoms with Crippen molar-refractivity contribution in [3.8, 4) is 0 Å². The number of hydrogen-bond donors (Lipinski definition) is 1. The molecule has 0 aromatic heterocycles. The van der Waals surface area contributed by atoms with Gasteiger partial charge in [-0.05, 0) is 59.2 Å². The molecule has 0 aliphatic heterocycles. The van der Waals surface area contributed by atoms with Crippen LogP contribution in [0, 0.1) is 5.82 Å². The Hall–Kier alpha value is -2.11. The molecule has 1 amide bonds. The van der Waals surface area contributed by atoms with Crippen LogP contribution < -0.4 is 5.32 Å². The summed E-state index contributed by atoms with van der Waals surface area (Å²) >= 11 is 0. The molecule has 1 rings (SSSR count). The highest BCUT2D eigenvalue weighted by Crippen LogP contribution is 2.21. The summed E-state index contributed by atoms with van der Waals surface area (Å²) in [5.74, 6) is -0.944. The summed E-state index contributed by atoms with van der Waals surface area (Å²) < 4.78 is 24.0. The van der Waals surface area contributed by atoms with Gasteiger partial charge in [0, 0.05) is 0 Å². The number of ether oxygens (including phenoxy) is 2. The van der Waals surface area contributed by atoms with Crippen molar-refractivity contribution < 1.29 is 23.5 Å². The monoisotopic (exact) mass is 339 g/mol. The van der Waals surface area contributed by atoms with Gasteiger partial charge in [0.2, 0.25) is 0 Å². The lowest BCUT2D eigenvalue weighted by atomic mass is 10.0. The van der Waals surface area contributed by atoms with Gasteiger partial charge in [0.05, 0.1) is 12.5 Å². The third-order valence-electron chi connectivity index (χ3n) is 2.73. The number of alkyl carbamates (subject to hydrolysis) is 1. The minimum Gasteiger partial charge on any atom is -0.460 e. The molecule has 134 valence electrons. The van der Waals surface area contributed by atoms with Crippen LogP contribution in [-0.4, -0.2) is 23.3 Å². The van der Waals surface area contributed by atoms with E-state index < -0.39 is 35.1 Å². The third-order valence-corrected chi connectivity index (χ3v) is 2.73. The minimum absolute atomic E-state index is 0.125. The topological polar surface area (TPSA) is 64.6 Å². The molecule has 0 heterocycles. The fourth-order valence-corrected chi connectivity index (χ4v) is 1.98. The molecule has 5 nitrogen and oxygen atoms in total. The van der Waals surface area contributed by atoms with E-state index in [1.54, 1.807) is 47.6 Å². The highest BCUT2D eigenvalue weighted by molar-refractivity contribution is 5.73. The van der Waals surface area contributed by atoms with Crippen LogP contribution in [-0.2, 0) is 14.3 Å². The summed E-state index contributed by atoms with van der Waals surface area (Å²) in [6.07, 6.45) is -0.805. The largest absolute Gasteiger partial charge is 0.460 e. The molecule has 0 unspecified atom stereocenters. The average Bonchev–Trinajstić information content (AvgIpc) is 2.33. The molecule has 1 aromatic rings. The molecule has 1 aromatic carbocycles. The van der Waals surface area contributed by atoms with Gasteiger partial charge < -0.3 is 14.8 Å². The van der Waals surface area contributed by atoms with Crippen LogP contribution in [0.3, 0.4) is 0 Å². The van der Waals surface area contributed by atoms with Gasteiger partial charge in [0.15, 0.2) is 0 Å². The van der Waals surface area contributed by atoms with Crippen molar-refractivity contribution >= 4 is 12.1 Å². The SMILES string of the molecule is CC(C)(C)OC(=O)C[C@H](NC(=O)OC(C)(C)C)c1cccc(F)c1. The van der Waals surface area contributed by atoms with Gasteiger partial charge in [-0.3, -0.25) is 4.79 Å². The molecule has 0 radical (unpaired) electrons. The fourth-order valence-electron chi connectivity index (χ4n) is 1.98. The van der Waals surface area contributed by atoms with Gasteiger partial charge in [-0.1, -0.05) is 12.1 Å². The molecule has 0 bridgehead atoms. The Morgan fingerprint density at radius 2 is 1.67 bits per heavy atom. The van der Waals surface area contributed by atoms with Crippen LogP contribution in [0.2, 0.25) is 0 Å². The number of benzene rings is 1. The zero-order valence-corrected chi connectivity index (χ0v) is 15.1. The van der Waals surface area contributed by atoms with Crippen molar-refractivity contribution in [3.63, 3.8) is 0 Å². The summed E-state index contributed by atoms with van der Waals surface area (Å²) in [4.78, 5) is 24.1. The van der Waals surface area contributed by atoms with Gasteiger partial charge in [-0.2, -0.15) is 0 Å². The zero-order chi connectivity index (χ0) is 18.5. The second-order valence-electron chi connectivity index (χ2n) is 7.54. The van der Waals surface area contributed by atoms with E-state index in [1.807, 2.05) is 0 Å². The van der Waals surface area contributed by atoms with Gasteiger partial charge in [-0.25, -0.2) is 9.18 Å². The second-order valence-corrected chi connectivity index (χ2v) is 7.54. The van der Waals surface area contributed by atoms with E-state index in [1.165, 1.54) is 18.2 Å². The van der Waals surface area contributed by atoms with Gasteiger partial charge >= 0.3 is 12.1 Å². The van der Waals surface area contributed by atoms with Crippen LogP contribution >= 0.6 is 0 Å². The standard InChI is InChI=1S/C18H26FNO4/c1-17(2,3)23-15(21)11-14(12-8-7-9-13(19)10-12)20-16(22)24-18(4,5)6/h7-10,14H,11H2,1-6H3,(H,20,22)/t14-/m0/s1. The summed E-state index contributed by atoms with van der Waals surface area (Å²) in [5.41, 5.74) is -0.857. The second kappa shape index (κ2) is 7.64. The van der Waals surface area contributed by atoms with Crippen molar-refractivity contribution in [2.45, 2.75) is 65.2 Å². The summed E-state index contributed by atoms with van der Waals surface area (Å²) in [5, 5.41) is 2.61. The van der Waals surface area contributed by atoms with Crippen molar-refractivity contribution in [1.29, 1.82) is 0 Å². The van der Waals surface area contributed by atoms with Gasteiger partial charge in [0.25, 0.3) is 0 Å². The molecule has 0 spiro atoms. The lowest BCUT2D eigenvalue weighted by Gasteiger charge is -2.25. The van der Waals surface area contributed by atoms with Crippen molar-refractivity contribution in [1.82, 2.24) is 5.32 Å². The summed E-state index contributed by atoms with van der Waals surface area (Å²) in [7, 11) is 0. The number of nitrogens with one attached hydrogen (secondary N) is 1. The van der Waals surface area contributed by atoms with Crippen LogP contribution in [0.4, 0.5) is 9.18 Å². The van der Waals surface area contributed by atoms with E-state index in [9.17, 15) is 14.0 Å². The van der Waals surface area contributed by atoms with E-state index in [-0.39, 0.29) is 6.42 Å². The molecule has 0 saturated heterocycles. The third kappa shape index (κ3) is 7.94. The van der Waals surface area contributed by atoms with E-state index in [4.69, 9.17) is 9.47 Å². The van der Waals surface area contributed by atoms with E-state index in [0.29, 0.717) is 5.56 Å². The van der Waals surface area contributed by atoms with Crippen LogP contribution in [0.5, 0.6) is 0 Å². The summed E-state index contributed by atoms with van der Waals surface area (Å²) in [6.45, 7) is 10.5. The number of carbonyl (C=O) groups excluding carboxylic acids is 2. The Morgan fingerprint density at radius 3 is 2.17 bits per heavy atom. The normalized spacial score (nSPS) is 13.1. The minimum atomic E-state index is -0.745. The van der Waals surface area contributed by atoms with Gasteiger partial charge in [0.1, 0.15) is 17.0 Å². The van der Waals surface area contributed by atoms with Crippen LogP contribution in [0.15, 0.2) is 24.3 Å². The first-order valence-electron chi connectivity index (χ1n) is 7.82. The summed E-state index contributed by atoms with van der Waals surface area (Å²) in [6, 6.07) is 4.97. The van der Waals surface area contributed by atoms with Crippen LogP contribution in [0.1, 0.15) is 59.6 Å². The Bertz CT molecular complexity index is 557. The molecular formula is C18H26FNO4. The Balaban J connectivity index is 2.91. The Morgan fingerprint density at radius 1 is 1.08 bits per heavy atom.